The summed E-state index contributed by atoms with van der Waals surface area (Å²) >= 11 is 6.37. The zero-order chi connectivity index (χ0) is 24.5. The van der Waals surface area contributed by atoms with E-state index in [0.29, 0.717) is 32.6 Å². The van der Waals surface area contributed by atoms with Crippen molar-refractivity contribution in [3.05, 3.63) is 58.6 Å². The Morgan fingerprint density at radius 3 is 2.47 bits per heavy atom. The summed E-state index contributed by atoms with van der Waals surface area (Å²) in [5, 5.41) is 3.32. The van der Waals surface area contributed by atoms with E-state index in [2.05, 4.69) is 24.1 Å². The van der Waals surface area contributed by atoms with E-state index in [1.54, 1.807) is 0 Å². The van der Waals surface area contributed by atoms with Crippen molar-refractivity contribution in [2.45, 2.75) is 49.6 Å². The summed E-state index contributed by atoms with van der Waals surface area (Å²) < 4.78 is 34.2. The van der Waals surface area contributed by atoms with Gasteiger partial charge in [-0.15, -0.1) is 0 Å². The van der Waals surface area contributed by atoms with Crippen LogP contribution in [0.2, 0.25) is 5.02 Å². The van der Waals surface area contributed by atoms with E-state index in [1.807, 2.05) is 31.3 Å². The molecule has 34 heavy (non-hydrogen) atoms. The lowest BCUT2D eigenvalue weighted by molar-refractivity contribution is 0.0227. The van der Waals surface area contributed by atoms with Crippen molar-refractivity contribution in [3.63, 3.8) is 0 Å². The van der Waals surface area contributed by atoms with Gasteiger partial charge in [0.1, 0.15) is 11.4 Å². The number of para-hydroxylation sites is 1. The van der Waals surface area contributed by atoms with E-state index in [9.17, 15) is 13.2 Å². The van der Waals surface area contributed by atoms with Crippen LogP contribution in [-0.4, -0.2) is 62.4 Å². The van der Waals surface area contributed by atoms with Gasteiger partial charge in [0.25, 0.3) is 5.91 Å². The van der Waals surface area contributed by atoms with E-state index in [1.165, 1.54) is 22.5 Å². The summed E-state index contributed by atoms with van der Waals surface area (Å²) in [5.41, 5.74) is 0.688. The van der Waals surface area contributed by atoms with Gasteiger partial charge in [-0.1, -0.05) is 43.6 Å². The summed E-state index contributed by atoms with van der Waals surface area (Å²) in [5.74, 6) is 0.364. The summed E-state index contributed by atoms with van der Waals surface area (Å²) in [6.45, 7) is 6.33. The molecule has 184 valence electrons. The number of rotatable bonds is 6. The second-order valence-corrected chi connectivity index (χ2v) is 11.5. The maximum absolute atomic E-state index is 13.4. The topological polar surface area (TPSA) is 79.0 Å². The maximum atomic E-state index is 13.4. The van der Waals surface area contributed by atoms with Crippen LogP contribution in [0, 0.1) is 0 Å². The quantitative estimate of drug-likeness (QED) is 0.639. The zero-order valence-electron chi connectivity index (χ0n) is 19.9. The molecule has 2 aliphatic rings. The summed E-state index contributed by atoms with van der Waals surface area (Å²) in [4.78, 5) is 15.5. The Balaban J connectivity index is 1.61. The van der Waals surface area contributed by atoms with Crippen molar-refractivity contribution in [2.75, 3.05) is 33.2 Å². The van der Waals surface area contributed by atoms with E-state index >= 15 is 0 Å². The molecule has 1 unspecified atom stereocenters. The van der Waals surface area contributed by atoms with Crippen molar-refractivity contribution < 1.29 is 17.9 Å². The largest absolute Gasteiger partial charge is 0.487 e. The van der Waals surface area contributed by atoms with Gasteiger partial charge in [-0.2, -0.15) is 4.31 Å². The van der Waals surface area contributed by atoms with Crippen LogP contribution in [0.15, 0.2) is 47.4 Å². The second kappa shape index (κ2) is 9.85. The van der Waals surface area contributed by atoms with Crippen molar-refractivity contribution in [2.24, 2.45) is 0 Å². The lowest BCUT2D eigenvalue weighted by Crippen LogP contribution is -2.47. The maximum Gasteiger partial charge on any atom is 0.253 e. The normalized spacial score (nSPS) is 20.9. The molecule has 2 aliphatic heterocycles. The molecule has 0 radical (unpaired) electrons. The number of nitrogens with zero attached hydrogens (tertiary/aromatic N) is 2. The first kappa shape index (κ1) is 25.0. The van der Waals surface area contributed by atoms with Crippen LogP contribution in [0.3, 0.4) is 0 Å². The molecule has 0 spiro atoms. The van der Waals surface area contributed by atoms with Gasteiger partial charge in [0.15, 0.2) is 0 Å². The van der Waals surface area contributed by atoms with Crippen molar-refractivity contribution in [3.8, 4) is 5.75 Å². The van der Waals surface area contributed by atoms with E-state index in [-0.39, 0.29) is 27.1 Å². The van der Waals surface area contributed by atoms with Crippen molar-refractivity contribution >= 4 is 27.5 Å². The van der Waals surface area contributed by atoms with Gasteiger partial charge in [0.05, 0.1) is 21.5 Å². The predicted molar refractivity (Wildman–Crippen MR) is 133 cm³/mol. The molecule has 7 nitrogen and oxygen atoms in total. The fourth-order valence-electron chi connectivity index (χ4n) is 4.68. The lowest BCUT2D eigenvalue weighted by Gasteiger charge is -2.41. The second-order valence-electron chi connectivity index (χ2n) is 9.11. The molecular weight excluding hydrogens is 474 g/mol. The molecule has 1 saturated heterocycles. The summed E-state index contributed by atoms with van der Waals surface area (Å²) in [6.07, 6.45) is 2.24. The van der Waals surface area contributed by atoms with Gasteiger partial charge >= 0.3 is 0 Å². The highest BCUT2D eigenvalue weighted by Gasteiger charge is 2.39. The molecule has 1 amide bonds. The monoisotopic (exact) mass is 505 g/mol. The Labute approximate surface area is 207 Å². The smallest absolute Gasteiger partial charge is 0.253 e. The number of hydrogen-bond donors (Lipinski definition) is 1. The number of sulfonamides is 1. The molecule has 2 aromatic carbocycles. The Hall–Kier alpha value is -2.13. The Kier molecular flexibility index (Phi) is 7.24. The van der Waals surface area contributed by atoms with Crippen LogP contribution >= 0.6 is 11.6 Å². The third kappa shape index (κ3) is 4.82. The fraction of sp³-hybridized carbons (Fsp3) is 0.480. The van der Waals surface area contributed by atoms with Crippen LogP contribution in [0.1, 0.15) is 55.1 Å². The number of piperazine rings is 1. The van der Waals surface area contributed by atoms with E-state index in [0.717, 1.165) is 24.2 Å². The van der Waals surface area contributed by atoms with E-state index in [4.69, 9.17) is 16.3 Å². The van der Waals surface area contributed by atoms with Crippen LogP contribution in [-0.2, 0) is 10.0 Å². The molecule has 1 atom stereocenters. The number of carbonyl (C=O) groups excluding carboxylic acids is 1. The first-order valence-electron chi connectivity index (χ1n) is 11.8. The van der Waals surface area contributed by atoms with Crippen molar-refractivity contribution in [1.82, 2.24) is 14.5 Å². The van der Waals surface area contributed by atoms with E-state index < -0.39 is 15.9 Å². The highest BCUT2D eigenvalue weighted by Crippen LogP contribution is 2.42. The summed E-state index contributed by atoms with van der Waals surface area (Å²) in [7, 11) is -1.75. The lowest BCUT2D eigenvalue weighted by atomic mass is 9.83. The molecule has 0 saturated carbocycles. The third-order valence-electron chi connectivity index (χ3n) is 7.07. The molecule has 4 rings (SSSR count). The minimum absolute atomic E-state index is 0.0791. The van der Waals surface area contributed by atoms with Crippen LogP contribution < -0.4 is 10.1 Å². The molecule has 9 heteroatoms. The molecule has 1 N–H and O–H groups in total. The Bertz CT molecular complexity index is 1160. The number of amides is 1. The predicted octanol–water partition coefficient (Wildman–Crippen LogP) is 4.09. The molecule has 0 aliphatic carbocycles. The number of carbonyl (C=O) groups is 1. The minimum atomic E-state index is -3.72. The van der Waals surface area contributed by atoms with Crippen molar-refractivity contribution in [1.29, 1.82) is 0 Å². The number of nitrogens with one attached hydrogen (secondary N) is 1. The number of ether oxygens (including phenoxy) is 1. The molecule has 2 heterocycles. The average molecular weight is 506 g/mol. The van der Waals surface area contributed by atoms with Crippen LogP contribution in [0.5, 0.6) is 5.75 Å². The number of hydrogen-bond acceptors (Lipinski definition) is 5. The molecule has 0 aromatic heterocycles. The van der Waals surface area contributed by atoms with Gasteiger partial charge in [-0.25, -0.2) is 8.42 Å². The molecular formula is C25H32ClN3O4S. The average Bonchev–Trinajstić information content (AvgIpc) is 2.84. The first-order chi connectivity index (χ1) is 16.2. The Morgan fingerprint density at radius 1 is 1.12 bits per heavy atom. The standard InChI is InChI=1S/C25H32ClN3O4S/c1-4-25(5-2)17-22(19-8-6-7-9-23(19)33-25)27-24(30)20-16-18(10-11-21(20)26)34(31,32)29-14-12-28(3)13-15-29/h6-11,16,22H,4-5,12-15,17H2,1-3H3,(H,27,30). The molecule has 0 bridgehead atoms. The fourth-order valence-corrected chi connectivity index (χ4v) is 6.33. The highest BCUT2D eigenvalue weighted by molar-refractivity contribution is 7.89. The first-order valence-corrected chi connectivity index (χ1v) is 13.6. The third-order valence-corrected chi connectivity index (χ3v) is 9.30. The number of benzene rings is 2. The molecule has 2 aromatic rings. The Morgan fingerprint density at radius 2 is 1.79 bits per heavy atom. The zero-order valence-corrected chi connectivity index (χ0v) is 21.5. The number of likely N-dealkylation sites (N-methyl/N-ethyl adjacent to an activating group) is 1. The summed E-state index contributed by atoms with van der Waals surface area (Å²) in [6, 6.07) is 11.8. The van der Waals surface area contributed by atoms with Gasteiger partial charge in [0, 0.05) is 38.2 Å². The molecule has 1 fully saturated rings. The highest BCUT2D eigenvalue weighted by atomic mass is 35.5. The minimum Gasteiger partial charge on any atom is -0.487 e. The van der Waals surface area contributed by atoms with Gasteiger partial charge in [-0.05, 0) is 44.2 Å². The number of fused-ring (bicyclic) bond motifs is 1. The van der Waals surface area contributed by atoms with Gasteiger partial charge < -0.3 is 15.0 Å². The van der Waals surface area contributed by atoms with Crippen LogP contribution in [0.25, 0.3) is 0 Å². The number of halogens is 1. The SMILES string of the molecule is CCC1(CC)CC(NC(=O)c2cc(S(=O)(=O)N3CCN(C)CC3)ccc2Cl)c2ccccc2O1. The van der Waals surface area contributed by atoms with Gasteiger partial charge in [-0.3, -0.25) is 4.79 Å². The van der Waals surface area contributed by atoms with Crippen LogP contribution in [0.4, 0.5) is 0 Å². The van der Waals surface area contributed by atoms with Gasteiger partial charge in [0.2, 0.25) is 10.0 Å².